The molecule has 1 aromatic carbocycles. The second kappa shape index (κ2) is 10.0. The van der Waals surface area contributed by atoms with Crippen LogP contribution in [0.5, 0.6) is 0 Å². The average molecular weight is 510 g/mol. The van der Waals surface area contributed by atoms with Gasteiger partial charge >= 0.3 is 0 Å². The number of nitrogens with one attached hydrogen (secondary N) is 1. The van der Waals surface area contributed by atoms with Crippen molar-refractivity contribution in [2.24, 2.45) is 4.99 Å². The topological polar surface area (TPSA) is 58.3 Å². The van der Waals surface area contributed by atoms with Crippen LogP contribution in [0.15, 0.2) is 40.7 Å². The molecule has 0 aliphatic carbocycles. The Labute approximate surface area is 187 Å². The summed E-state index contributed by atoms with van der Waals surface area (Å²) in [6, 6.07) is 10.4. The molecular weight excluding hydrogens is 483 g/mol. The van der Waals surface area contributed by atoms with Crippen LogP contribution in [0.2, 0.25) is 0 Å². The van der Waals surface area contributed by atoms with Gasteiger partial charge in [0.1, 0.15) is 0 Å². The van der Waals surface area contributed by atoms with E-state index in [1.807, 2.05) is 31.6 Å². The Morgan fingerprint density at radius 3 is 2.61 bits per heavy atom. The van der Waals surface area contributed by atoms with Crippen LogP contribution in [0, 0.1) is 20.8 Å². The highest BCUT2D eigenvalue weighted by atomic mass is 127. The molecule has 0 aliphatic heterocycles. The van der Waals surface area contributed by atoms with E-state index < -0.39 is 0 Å². The molecule has 1 N–H and O–H groups in total. The van der Waals surface area contributed by atoms with Gasteiger partial charge < -0.3 is 10.2 Å². The summed E-state index contributed by atoms with van der Waals surface area (Å²) in [6.45, 7) is 7.51. The molecule has 2 heterocycles. The van der Waals surface area contributed by atoms with Crippen LogP contribution >= 0.6 is 35.3 Å². The number of aryl methyl sites for hydroxylation is 3. The van der Waals surface area contributed by atoms with Crippen LogP contribution in [0.4, 0.5) is 0 Å². The van der Waals surface area contributed by atoms with Crippen molar-refractivity contribution in [1.82, 2.24) is 25.0 Å². The zero-order valence-electron chi connectivity index (χ0n) is 16.9. The minimum Gasteiger partial charge on any atom is -0.352 e. The Hall–Kier alpha value is -1.94. The maximum Gasteiger partial charge on any atom is 0.194 e. The summed E-state index contributed by atoms with van der Waals surface area (Å²) in [6.07, 6.45) is 0. The lowest BCUT2D eigenvalue weighted by Gasteiger charge is -2.22. The molecule has 0 radical (unpaired) electrons. The van der Waals surface area contributed by atoms with E-state index in [-0.39, 0.29) is 24.0 Å². The van der Waals surface area contributed by atoms with Crippen LogP contribution in [0.25, 0.3) is 5.69 Å². The Bertz CT molecular complexity index is 946. The fourth-order valence-electron chi connectivity index (χ4n) is 3.10. The number of para-hydroxylation sites is 1. The van der Waals surface area contributed by atoms with Gasteiger partial charge in [-0.05, 0) is 38.5 Å². The fourth-order valence-corrected chi connectivity index (χ4v) is 3.70. The average Bonchev–Trinajstić information content (AvgIpc) is 3.20. The largest absolute Gasteiger partial charge is 0.352 e. The molecular formula is C20H27IN6S. The predicted molar refractivity (Wildman–Crippen MR) is 127 cm³/mol. The zero-order chi connectivity index (χ0) is 19.4. The summed E-state index contributed by atoms with van der Waals surface area (Å²) in [5.74, 6) is 0.837. The quantitative estimate of drug-likeness (QED) is 0.319. The Balaban J connectivity index is 0.00000280. The van der Waals surface area contributed by atoms with E-state index in [9.17, 15) is 0 Å². The van der Waals surface area contributed by atoms with E-state index in [1.54, 1.807) is 18.4 Å². The number of halogens is 1. The molecule has 0 fully saturated rings. The first kappa shape index (κ1) is 22.4. The summed E-state index contributed by atoms with van der Waals surface area (Å²) < 4.78 is 2.00. The van der Waals surface area contributed by atoms with Gasteiger partial charge in [-0.3, -0.25) is 4.99 Å². The van der Waals surface area contributed by atoms with Gasteiger partial charge in [0.2, 0.25) is 0 Å². The summed E-state index contributed by atoms with van der Waals surface area (Å²) in [5.41, 5.74) is 5.46. The van der Waals surface area contributed by atoms with Gasteiger partial charge in [-0.15, -0.1) is 35.3 Å². The maximum absolute atomic E-state index is 4.62. The van der Waals surface area contributed by atoms with Crippen LogP contribution < -0.4 is 5.32 Å². The first-order chi connectivity index (χ1) is 13.0. The highest BCUT2D eigenvalue weighted by Gasteiger charge is 2.12. The molecule has 150 valence electrons. The van der Waals surface area contributed by atoms with Gasteiger partial charge in [0.25, 0.3) is 0 Å². The minimum atomic E-state index is 0. The van der Waals surface area contributed by atoms with Crippen molar-refractivity contribution >= 4 is 41.3 Å². The first-order valence-electron chi connectivity index (χ1n) is 8.92. The Kier molecular flexibility index (Phi) is 7.99. The molecule has 0 aliphatic rings. The molecule has 0 unspecified atom stereocenters. The summed E-state index contributed by atoms with van der Waals surface area (Å²) in [5, 5.41) is 11.3. The molecule has 3 aromatic rings. The smallest absolute Gasteiger partial charge is 0.194 e. The minimum absolute atomic E-state index is 0. The van der Waals surface area contributed by atoms with Gasteiger partial charge in [0, 0.05) is 31.7 Å². The number of benzene rings is 1. The Morgan fingerprint density at radius 1 is 1.25 bits per heavy atom. The number of aromatic nitrogens is 3. The van der Waals surface area contributed by atoms with Crippen molar-refractivity contribution in [3.05, 3.63) is 63.4 Å². The number of guanidine groups is 1. The number of hydrogen-bond donors (Lipinski definition) is 1. The molecule has 0 spiro atoms. The van der Waals surface area contributed by atoms with Gasteiger partial charge in [-0.2, -0.15) is 5.10 Å². The molecule has 8 heteroatoms. The molecule has 6 nitrogen and oxygen atoms in total. The van der Waals surface area contributed by atoms with E-state index in [0.29, 0.717) is 6.54 Å². The molecule has 3 rings (SSSR count). The molecule has 0 bridgehead atoms. The van der Waals surface area contributed by atoms with Crippen LogP contribution in [-0.2, 0) is 13.1 Å². The first-order valence-corrected chi connectivity index (χ1v) is 9.80. The number of aliphatic imine (C=N–C) groups is 1. The highest BCUT2D eigenvalue weighted by molar-refractivity contribution is 14.0. The highest BCUT2D eigenvalue weighted by Crippen LogP contribution is 2.17. The van der Waals surface area contributed by atoms with Crippen LogP contribution in [0.3, 0.4) is 0 Å². The molecule has 0 atom stereocenters. The predicted octanol–water partition coefficient (Wildman–Crippen LogP) is 4.08. The van der Waals surface area contributed by atoms with Crippen molar-refractivity contribution in [3.63, 3.8) is 0 Å². The number of thiazole rings is 1. The SMILES string of the molecule is CN=C(NCc1ccccc1-n1nc(C)cc1C)N(C)Cc1csc(C)n1.I. The molecule has 28 heavy (non-hydrogen) atoms. The normalized spacial score (nSPS) is 11.2. The van der Waals surface area contributed by atoms with E-state index >= 15 is 0 Å². The number of nitrogens with zero attached hydrogens (tertiary/aromatic N) is 5. The maximum atomic E-state index is 4.62. The van der Waals surface area contributed by atoms with E-state index in [1.165, 1.54) is 5.56 Å². The lowest BCUT2D eigenvalue weighted by atomic mass is 10.1. The third-order valence-electron chi connectivity index (χ3n) is 4.31. The second-order valence-electron chi connectivity index (χ2n) is 6.58. The van der Waals surface area contributed by atoms with Crippen molar-refractivity contribution in [2.75, 3.05) is 14.1 Å². The van der Waals surface area contributed by atoms with Crippen molar-refractivity contribution in [2.45, 2.75) is 33.9 Å². The van der Waals surface area contributed by atoms with Gasteiger partial charge in [-0.1, -0.05) is 18.2 Å². The van der Waals surface area contributed by atoms with Gasteiger partial charge in [0.05, 0.1) is 28.6 Å². The molecule has 0 saturated carbocycles. The molecule has 0 saturated heterocycles. The molecule has 2 aromatic heterocycles. The number of rotatable bonds is 5. The monoisotopic (exact) mass is 510 g/mol. The fraction of sp³-hybridized carbons (Fsp3) is 0.350. The number of hydrogen-bond acceptors (Lipinski definition) is 4. The van der Waals surface area contributed by atoms with Crippen molar-refractivity contribution in [3.8, 4) is 5.69 Å². The lowest BCUT2D eigenvalue weighted by molar-refractivity contribution is 0.470. The van der Waals surface area contributed by atoms with E-state index in [2.05, 4.69) is 61.9 Å². The van der Waals surface area contributed by atoms with Gasteiger partial charge in [0.15, 0.2) is 5.96 Å². The van der Waals surface area contributed by atoms with E-state index in [4.69, 9.17) is 0 Å². The summed E-state index contributed by atoms with van der Waals surface area (Å²) in [7, 11) is 3.83. The third kappa shape index (κ3) is 5.32. The Morgan fingerprint density at radius 2 is 2.00 bits per heavy atom. The summed E-state index contributed by atoms with van der Waals surface area (Å²) >= 11 is 1.67. The van der Waals surface area contributed by atoms with Gasteiger partial charge in [-0.25, -0.2) is 9.67 Å². The zero-order valence-corrected chi connectivity index (χ0v) is 20.1. The van der Waals surface area contributed by atoms with Crippen LogP contribution in [-0.4, -0.2) is 39.7 Å². The standard InChI is InChI=1S/C20H26N6S.HI/c1-14-10-15(2)26(24-14)19-9-7-6-8-17(19)11-22-20(21-4)25(5)12-18-13-27-16(3)23-18;/h6-10,13H,11-12H2,1-5H3,(H,21,22);1H. The lowest BCUT2D eigenvalue weighted by Crippen LogP contribution is -2.38. The van der Waals surface area contributed by atoms with Crippen molar-refractivity contribution in [1.29, 1.82) is 0 Å². The summed E-state index contributed by atoms with van der Waals surface area (Å²) in [4.78, 5) is 11.0. The van der Waals surface area contributed by atoms with E-state index in [0.717, 1.165) is 40.3 Å². The second-order valence-corrected chi connectivity index (χ2v) is 7.64. The van der Waals surface area contributed by atoms with Crippen LogP contribution in [0.1, 0.15) is 27.7 Å². The third-order valence-corrected chi connectivity index (χ3v) is 5.13. The van der Waals surface area contributed by atoms with Crippen molar-refractivity contribution < 1.29 is 0 Å². The molecule has 0 amide bonds.